The number of aliphatic carboxylic acids is 1. The van der Waals surface area contributed by atoms with Crippen LogP contribution in [0.15, 0.2) is 53.5 Å². The van der Waals surface area contributed by atoms with E-state index < -0.39 is 5.97 Å². The van der Waals surface area contributed by atoms with Gasteiger partial charge in [-0.2, -0.15) is 0 Å². The number of carboxylic acids is 1. The molecule has 0 aliphatic carbocycles. The van der Waals surface area contributed by atoms with Gasteiger partial charge in [0.2, 0.25) is 0 Å². The Kier molecular flexibility index (Phi) is 8.21. The van der Waals surface area contributed by atoms with Crippen LogP contribution in [0.3, 0.4) is 0 Å². The first-order valence-corrected chi connectivity index (χ1v) is 12.9. The van der Waals surface area contributed by atoms with Crippen molar-refractivity contribution in [1.29, 1.82) is 0 Å². The maximum atomic E-state index is 11.8. The average molecular weight is 493 g/mol. The molecular formula is C28H32N2O4S. The molecule has 3 aromatic rings. The third-order valence-electron chi connectivity index (χ3n) is 6.14. The number of carboxylic acid groups (broad SMARTS) is 1. The van der Waals surface area contributed by atoms with Gasteiger partial charge in [-0.05, 0) is 73.7 Å². The van der Waals surface area contributed by atoms with Gasteiger partial charge in [-0.25, -0.2) is 9.78 Å². The van der Waals surface area contributed by atoms with E-state index in [0.29, 0.717) is 31.7 Å². The summed E-state index contributed by atoms with van der Waals surface area (Å²) >= 11 is 1.64. The summed E-state index contributed by atoms with van der Waals surface area (Å²) in [6, 6.07) is 14.2. The Morgan fingerprint density at radius 1 is 1.20 bits per heavy atom. The predicted octanol–water partition coefficient (Wildman–Crippen LogP) is 6.54. The van der Waals surface area contributed by atoms with Crippen molar-refractivity contribution in [1.82, 2.24) is 4.98 Å². The number of rotatable bonds is 10. The molecule has 1 N–H and O–H groups in total. The molecule has 184 valence electrons. The lowest BCUT2D eigenvalue weighted by Gasteiger charge is -2.25. The number of unbranched alkanes of at least 4 members (excludes halogenated alkanes) is 1. The lowest BCUT2D eigenvalue weighted by atomic mass is 10.00. The minimum absolute atomic E-state index is 0.298. The number of thiazole rings is 1. The van der Waals surface area contributed by atoms with Crippen LogP contribution in [0.25, 0.3) is 17.2 Å². The number of nitrogens with zero attached hydrogens (tertiary/aromatic N) is 2. The summed E-state index contributed by atoms with van der Waals surface area (Å²) in [5, 5.41) is 9.71. The molecule has 0 fully saturated rings. The fourth-order valence-electron chi connectivity index (χ4n) is 4.10. The summed E-state index contributed by atoms with van der Waals surface area (Å²) in [7, 11) is 0. The Morgan fingerprint density at radius 2 is 1.97 bits per heavy atom. The lowest BCUT2D eigenvalue weighted by molar-refractivity contribution is -0.132. The van der Waals surface area contributed by atoms with Crippen molar-refractivity contribution < 1.29 is 19.4 Å². The van der Waals surface area contributed by atoms with E-state index in [9.17, 15) is 9.90 Å². The standard InChI is InChI=1S/C28H32N2O4S/c1-4-5-14-33-20(3)34-25-9-6-21(7-10-25)22-8-11-26-24(15-22)16-23(28(31)32)12-13-30(26)17-27-19(2)29-18-35-27/h6-11,15-16,18,20H,4-5,12-14,17H2,1-3H3,(H,31,32). The van der Waals surface area contributed by atoms with E-state index in [1.165, 1.54) is 4.88 Å². The molecule has 0 amide bonds. The highest BCUT2D eigenvalue weighted by atomic mass is 32.1. The van der Waals surface area contributed by atoms with E-state index >= 15 is 0 Å². The minimum atomic E-state index is -0.867. The van der Waals surface area contributed by atoms with Crippen LogP contribution in [-0.2, 0) is 16.1 Å². The van der Waals surface area contributed by atoms with Crippen LogP contribution in [0.4, 0.5) is 5.69 Å². The van der Waals surface area contributed by atoms with Crippen LogP contribution in [0.2, 0.25) is 0 Å². The summed E-state index contributed by atoms with van der Waals surface area (Å²) < 4.78 is 11.5. The topological polar surface area (TPSA) is 71.9 Å². The molecule has 0 saturated carbocycles. The molecule has 1 aliphatic rings. The van der Waals surface area contributed by atoms with Gasteiger partial charge >= 0.3 is 5.97 Å². The van der Waals surface area contributed by atoms with Gasteiger partial charge in [-0.1, -0.05) is 31.5 Å². The molecule has 4 rings (SSSR count). The summed E-state index contributed by atoms with van der Waals surface area (Å²) in [5.41, 5.74) is 7.33. The molecule has 1 atom stereocenters. The molecule has 2 heterocycles. The fourth-order valence-corrected chi connectivity index (χ4v) is 4.89. The van der Waals surface area contributed by atoms with Gasteiger partial charge in [0.05, 0.1) is 24.4 Å². The second-order valence-corrected chi connectivity index (χ2v) is 9.65. The molecule has 0 bridgehead atoms. The van der Waals surface area contributed by atoms with Crippen LogP contribution in [-0.4, -0.2) is 35.5 Å². The Labute approximate surface area is 210 Å². The predicted molar refractivity (Wildman–Crippen MR) is 141 cm³/mol. The van der Waals surface area contributed by atoms with Crippen molar-refractivity contribution in [2.45, 2.75) is 52.9 Å². The number of fused-ring (bicyclic) bond motifs is 1. The Balaban J connectivity index is 1.57. The zero-order valence-electron chi connectivity index (χ0n) is 20.5. The fraction of sp³-hybridized carbons (Fsp3) is 0.357. The largest absolute Gasteiger partial charge is 0.478 e. The molecule has 0 saturated heterocycles. The van der Waals surface area contributed by atoms with E-state index in [1.54, 1.807) is 11.3 Å². The number of ether oxygens (including phenoxy) is 2. The summed E-state index contributed by atoms with van der Waals surface area (Å²) in [6.07, 6.45) is 4.11. The molecule has 1 aromatic heterocycles. The second-order valence-electron chi connectivity index (χ2n) is 8.72. The van der Waals surface area contributed by atoms with Crippen LogP contribution in [0.5, 0.6) is 5.75 Å². The number of hydrogen-bond acceptors (Lipinski definition) is 6. The first kappa shape index (κ1) is 24.9. The van der Waals surface area contributed by atoms with Gasteiger partial charge in [0, 0.05) is 22.7 Å². The van der Waals surface area contributed by atoms with E-state index in [1.807, 2.05) is 49.7 Å². The molecule has 35 heavy (non-hydrogen) atoms. The molecule has 2 aromatic carbocycles. The smallest absolute Gasteiger partial charge is 0.331 e. The monoisotopic (exact) mass is 492 g/mol. The number of benzene rings is 2. The number of anilines is 1. The summed E-state index contributed by atoms with van der Waals surface area (Å²) in [6.45, 7) is 8.10. The molecule has 0 spiro atoms. The van der Waals surface area contributed by atoms with E-state index in [0.717, 1.165) is 46.7 Å². The number of hydrogen-bond donors (Lipinski definition) is 1. The highest BCUT2D eigenvalue weighted by Gasteiger charge is 2.21. The highest BCUT2D eigenvalue weighted by Crippen LogP contribution is 2.34. The lowest BCUT2D eigenvalue weighted by Crippen LogP contribution is -2.24. The summed E-state index contributed by atoms with van der Waals surface area (Å²) in [4.78, 5) is 19.7. The third-order valence-corrected chi connectivity index (χ3v) is 7.06. The van der Waals surface area contributed by atoms with Gasteiger partial charge in [0.25, 0.3) is 0 Å². The zero-order chi connectivity index (χ0) is 24.8. The van der Waals surface area contributed by atoms with Crippen molar-refractivity contribution in [3.63, 3.8) is 0 Å². The van der Waals surface area contributed by atoms with Gasteiger partial charge in [0.15, 0.2) is 6.29 Å². The highest BCUT2D eigenvalue weighted by molar-refractivity contribution is 7.09. The van der Waals surface area contributed by atoms with Gasteiger partial charge in [-0.15, -0.1) is 11.3 Å². The first-order chi connectivity index (χ1) is 16.9. The van der Waals surface area contributed by atoms with Crippen LogP contribution >= 0.6 is 11.3 Å². The van der Waals surface area contributed by atoms with Crippen molar-refractivity contribution in [3.05, 3.63) is 69.7 Å². The molecule has 6 nitrogen and oxygen atoms in total. The molecule has 7 heteroatoms. The third kappa shape index (κ3) is 6.29. The van der Waals surface area contributed by atoms with Gasteiger partial charge in [-0.3, -0.25) is 0 Å². The molecule has 1 unspecified atom stereocenters. The van der Waals surface area contributed by atoms with Crippen LogP contribution < -0.4 is 9.64 Å². The maximum Gasteiger partial charge on any atom is 0.331 e. The SMILES string of the molecule is CCCCOC(C)Oc1ccc(-c2ccc3c(c2)C=C(C(=O)O)CCN3Cc2scnc2C)cc1. The number of carbonyl (C=O) groups is 1. The molecule has 0 radical (unpaired) electrons. The van der Waals surface area contributed by atoms with Crippen molar-refractivity contribution in [2.24, 2.45) is 0 Å². The quantitative estimate of drug-likeness (QED) is 0.256. The first-order valence-electron chi connectivity index (χ1n) is 12.0. The minimum Gasteiger partial charge on any atom is -0.478 e. The number of aromatic nitrogens is 1. The Bertz CT molecular complexity index is 1190. The van der Waals surface area contributed by atoms with Crippen LogP contribution in [0.1, 0.15) is 49.2 Å². The second kappa shape index (κ2) is 11.5. The molecule has 1 aliphatic heterocycles. The van der Waals surface area contributed by atoms with Gasteiger partial charge < -0.3 is 19.5 Å². The van der Waals surface area contributed by atoms with Crippen molar-refractivity contribution >= 4 is 29.1 Å². The summed E-state index contributed by atoms with van der Waals surface area (Å²) in [5.74, 6) is -0.111. The van der Waals surface area contributed by atoms with E-state index in [2.05, 4.69) is 35.0 Å². The van der Waals surface area contributed by atoms with E-state index in [4.69, 9.17) is 9.47 Å². The zero-order valence-corrected chi connectivity index (χ0v) is 21.3. The number of aryl methyl sites for hydroxylation is 1. The maximum absolute atomic E-state index is 11.8. The molecular weight excluding hydrogens is 460 g/mol. The Hall–Kier alpha value is -3.16. The van der Waals surface area contributed by atoms with Crippen molar-refractivity contribution in [2.75, 3.05) is 18.1 Å². The van der Waals surface area contributed by atoms with Crippen LogP contribution in [0, 0.1) is 6.92 Å². The average Bonchev–Trinajstić information content (AvgIpc) is 3.15. The van der Waals surface area contributed by atoms with Crippen molar-refractivity contribution in [3.8, 4) is 16.9 Å². The Morgan fingerprint density at radius 3 is 2.66 bits per heavy atom. The van der Waals surface area contributed by atoms with Gasteiger partial charge in [0.1, 0.15) is 5.75 Å². The normalized spacial score (nSPS) is 14.1. The van der Waals surface area contributed by atoms with E-state index in [-0.39, 0.29) is 6.29 Å².